The molecule has 0 spiro atoms. The molecule has 0 saturated carbocycles. The maximum absolute atomic E-state index is 13.5. The molecule has 2 saturated heterocycles. The summed E-state index contributed by atoms with van der Waals surface area (Å²) < 4.78 is 15.6. The van der Waals surface area contributed by atoms with E-state index in [-0.39, 0.29) is 22.8 Å². The number of carbonyl (C=O) groups is 1. The van der Waals surface area contributed by atoms with Gasteiger partial charge in [0.1, 0.15) is 27.6 Å². The van der Waals surface area contributed by atoms with Crippen molar-refractivity contribution < 1.29 is 9.18 Å². The van der Waals surface area contributed by atoms with Gasteiger partial charge in [-0.1, -0.05) is 54.3 Å². The maximum atomic E-state index is 13.5. The Balaban J connectivity index is 1.47. The van der Waals surface area contributed by atoms with Crippen LogP contribution in [0.1, 0.15) is 29.2 Å². The molecule has 2 aliphatic heterocycles. The normalized spacial score (nSPS) is 16.5. The van der Waals surface area contributed by atoms with E-state index in [1.54, 1.807) is 34.6 Å². The average molecular weight is 588 g/mol. The zero-order chi connectivity index (χ0) is 29.1. The maximum Gasteiger partial charge on any atom is 0.270 e. The average Bonchev–Trinajstić information content (AvgIpc) is 3.25. The van der Waals surface area contributed by atoms with E-state index in [9.17, 15) is 19.2 Å². The van der Waals surface area contributed by atoms with E-state index < -0.39 is 0 Å². The number of pyridine rings is 1. The number of amides is 1. The Labute approximate surface area is 248 Å². The molecule has 0 radical (unpaired) electrons. The number of thioether (sulfide) groups is 1. The lowest BCUT2D eigenvalue weighted by molar-refractivity contribution is -0.122. The molecule has 1 amide bonds. The van der Waals surface area contributed by atoms with Crippen molar-refractivity contribution in [1.82, 2.24) is 9.47 Å². The molecule has 0 aliphatic carbocycles. The number of hydrogen-bond donors (Lipinski definition) is 0. The van der Waals surface area contributed by atoms with Gasteiger partial charge in [-0.3, -0.25) is 19.1 Å². The number of hydrogen-bond acceptors (Lipinski definition) is 7. The van der Waals surface area contributed by atoms with Crippen LogP contribution < -0.4 is 15.4 Å². The molecule has 41 heavy (non-hydrogen) atoms. The molecule has 3 aromatic rings. The van der Waals surface area contributed by atoms with Crippen LogP contribution in [0.5, 0.6) is 0 Å². The fourth-order valence-corrected chi connectivity index (χ4v) is 6.61. The van der Waals surface area contributed by atoms with E-state index in [1.165, 1.54) is 23.9 Å². The number of aromatic nitrogens is 1. The molecule has 210 valence electrons. The third kappa shape index (κ3) is 5.78. The summed E-state index contributed by atoms with van der Waals surface area (Å²) in [4.78, 5) is 33.3. The molecule has 10 heteroatoms. The highest BCUT2D eigenvalue weighted by Gasteiger charge is 2.33. The lowest BCUT2D eigenvalue weighted by atomic mass is 10.0. The van der Waals surface area contributed by atoms with E-state index in [2.05, 4.69) is 15.9 Å². The minimum atomic E-state index is -0.337. The van der Waals surface area contributed by atoms with E-state index in [0.717, 1.165) is 11.3 Å². The van der Waals surface area contributed by atoms with Crippen molar-refractivity contribution in [2.24, 2.45) is 0 Å². The first-order chi connectivity index (χ1) is 19.8. The van der Waals surface area contributed by atoms with Crippen molar-refractivity contribution >= 4 is 51.8 Å². The first-order valence-corrected chi connectivity index (χ1v) is 14.8. The molecular weight excluding hydrogens is 558 g/mol. The van der Waals surface area contributed by atoms with Crippen molar-refractivity contribution in [2.75, 3.05) is 42.5 Å². The van der Waals surface area contributed by atoms with Crippen LogP contribution in [0.4, 0.5) is 15.9 Å². The van der Waals surface area contributed by atoms with Gasteiger partial charge in [-0.15, -0.1) is 0 Å². The van der Waals surface area contributed by atoms with Gasteiger partial charge in [0.2, 0.25) is 0 Å². The van der Waals surface area contributed by atoms with Gasteiger partial charge in [0, 0.05) is 50.5 Å². The highest BCUT2D eigenvalue weighted by Crippen LogP contribution is 2.36. The molecule has 0 bridgehead atoms. The lowest BCUT2D eigenvalue weighted by Crippen LogP contribution is -2.48. The van der Waals surface area contributed by atoms with Gasteiger partial charge >= 0.3 is 0 Å². The third-order valence-electron chi connectivity index (χ3n) is 7.55. The largest absolute Gasteiger partial charge is 0.368 e. The second kappa shape index (κ2) is 12.3. The van der Waals surface area contributed by atoms with Crippen LogP contribution in [0, 0.1) is 24.1 Å². The number of carbonyl (C=O) groups excluding carboxylic acids is 1. The van der Waals surface area contributed by atoms with Crippen LogP contribution in [-0.4, -0.2) is 52.4 Å². The summed E-state index contributed by atoms with van der Waals surface area (Å²) in [5.74, 6) is 0.250. The van der Waals surface area contributed by atoms with E-state index in [1.807, 2.05) is 37.3 Å². The number of nitrogens with zero attached hydrogens (tertiary/aromatic N) is 5. The van der Waals surface area contributed by atoms with Crippen molar-refractivity contribution in [3.8, 4) is 6.07 Å². The van der Waals surface area contributed by atoms with Crippen LogP contribution >= 0.6 is 24.0 Å². The zero-order valence-electron chi connectivity index (χ0n) is 23.0. The van der Waals surface area contributed by atoms with Gasteiger partial charge in [0.15, 0.2) is 0 Å². The number of rotatable bonds is 7. The monoisotopic (exact) mass is 587 g/mol. The molecule has 1 aromatic heterocycles. The summed E-state index contributed by atoms with van der Waals surface area (Å²) in [7, 11) is 0. The first kappa shape index (κ1) is 28.6. The Hall–Kier alpha value is -3.94. The van der Waals surface area contributed by atoms with Crippen molar-refractivity contribution in [3.05, 3.63) is 97.9 Å². The third-order valence-corrected chi connectivity index (χ3v) is 8.93. The van der Waals surface area contributed by atoms with Crippen molar-refractivity contribution in [2.45, 2.75) is 26.8 Å². The summed E-state index contributed by atoms with van der Waals surface area (Å²) in [6.45, 7) is 7.06. The molecule has 2 aliphatic rings. The summed E-state index contributed by atoms with van der Waals surface area (Å²) in [6, 6.07) is 18.5. The number of anilines is 2. The van der Waals surface area contributed by atoms with Gasteiger partial charge in [-0.25, -0.2) is 4.39 Å². The Morgan fingerprint density at radius 1 is 1.02 bits per heavy atom. The molecule has 0 atom stereocenters. The van der Waals surface area contributed by atoms with E-state index in [0.29, 0.717) is 71.9 Å². The highest BCUT2D eigenvalue weighted by atomic mass is 32.2. The Bertz CT molecular complexity index is 1600. The molecule has 0 N–H and O–H groups in total. The van der Waals surface area contributed by atoms with E-state index >= 15 is 0 Å². The fourth-order valence-electron chi connectivity index (χ4n) is 5.32. The van der Waals surface area contributed by atoms with E-state index in [4.69, 9.17) is 12.2 Å². The van der Waals surface area contributed by atoms with Gasteiger partial charge in [0.05, 0.1) is 4.91 Å². The number of thiocarbonyl (C=S) groups is 1. The van der Waals surface area contributed by atoms with Gasteiger partial charge in [-0.2, -0.15) is 5.26 Å². The highest BCUT2D eigenvalue weighted by molar-refractivity contribution is 8.26. The smallest absolute Gasteiger partial charge is 0.270 e. The lowest BCUT2D eigenvalue weighted by Gasteiger charge is -2.39. The number of nitriles is 1. The van der Waals surface area contributed by atoms with Crippen LogP contribution in [0.2, 0.25) is 0 Å². The second-order valence-electron chi connectivity index (χ2n) is 9.92. The van der Waals surface area contributed by atoms with Crippen molar-refractivity contribution in [3.63, 3.8) is 0 Å². The summed E-state index contributed by atoms with van der Waals surface area (Å²) in [6.07, 6.45) is 2.48. The molecule has 2 fully saturated rings. The van der Waals surface area contributed by atoms with Gasteiger partial charge in [-0.05, 0) is 61.7 Å². The molecule has 0 unspecified atom stereocenters. The summed E-state index contributed by atoms with van der Waals surface area (Å²) in [5, 5.41) is 9.87. The Morgan fingerprint density at radius 3 is 2.32 bits per heavy atom. The topological polar surface area (TPSA) is 72.6 Å². The zero-order valence-corrected chi connectivity index (χ0v) is 24.6. The standard InChI is InChI=1S/C31H30FN5O2S2/c1-3-36-28(35-17-15-34(16-18-35)24-11-9-23(32)10-12-24)25(21(2)26(20-33)29(36)38)19-27-30(39)37(31(40)41-27)14-13-22-7-5-4-6-8-22/h4-12,19H,3,13-18H2,1-2H3/b27-19-. The minimum Gasteiger partial charge on any atom is -0.368 e. The molecule has 7 nitrogen and oxygen atoms in total. The second-order valence-corrected chi connectivity index (χ2v) is 11.6. The number of piperazine rings is 1. The molecule has 5 rings (SSSR count). The molecule has 2 aromatic carbocycles. The van der Waals surface area contributed by atoms with Gasteiger partial charge < -0.3 is 9.80 Å². The summed E-state index contributed by atoms with van der Waals surface area (Å²) in [5.41, 5.74) is 3.03. The van der Waals surface area contributed by atoms with Crippen LogP contribution in [0.3, 0.4) is 0 Å². The fraction of sp³-hybridized carbons (Fsp3) is 0.290. The van der Waals surface area contributed by atoms with Gasteiger partial charge in [0.25, 0.3) is 11.5 Å². The number of benzene rings is 2. The quantitative estimate of drug-likeness (QED) is 0.286. The number of halogens is 1. The minimum absolute atomic E-state index is 0.0753. The SMILES string of the molecule is CCn1c(N2CCN(c3ccc(F)cc3)CC2)c(/C=C2\SC(=S)N(CCc3ccccc3)C2=O)c(C)c(C#N)c1=O. The van der Waals surface area contributed by atoms with Crippen LogP contribution in [-0.2, 0) is 17.8 Å². The summed E-state index contributed by atoms with van der Waals surface area (Å²) >= 11 is 6.83. The first-order valence-electron chi connectivity index (χ1n) is 13.5. The van der Waals surface area contributed by atoms with Crippen LogP contribution in [0.25, 0.3) is 6.08 Å². The predicted molar refractivity (Wildman–Crippen MR) is 167 cm³/mol. The predicted octanol–water partition coefficient (Wildman–Crippen LogP) is 4.96. The molecular formula is C31H30FN5O2S2. The van der Waals surface area contributed by atoms with Crippen LogP contribution in [0.15, 0.2) is 64.3 Å². The van der Waals surface area contributed by atoms with Crippen molar-refractivity contribution in [1.29, 1.82) is 5.26 Å². The Morgan fingerprint density at radius 2 is 1.68 bits per heavy atom. The molecule has 3 heterocycles. The Kier molecular flexibility index (Phi) is 8.57.